The molecule has 1 aliphatic carbocycles. The molecule has 0 unspecified atom stereocenters. The van der Waals surface area contributed by atoms with Gasteiger partial charge in [0.1, 0.15) is 0 Å². The molecule has 0 atom stereocenters. The average molecular weight is 276 g/mol. The standard InChI is InChI=1S/C5H5.C4H8O.CH3.2ClH.V/c2*1-2-4-5-3-1;;;;/h1-3H,4H2;1-4H2;1H3;2*1H;. The Bertz CT molecular complexity index is 169. The molecule has 0 aromatic rings. The fraction of sp³-hybridized carbons (Fsp3) is 0.600. The molecular formula is C10H18Cl2OV. The van der Waals surface area contributed by atoms with Crippen molar-refractivity contribution < 1.29 is 21.0 Å². The molecule has 4 heteroatoms. The van der Waals surface area contributed by atoms with Gasteiger partial charge in [0.05, 0.1) is 0 Å². The zero-order chi connectivity index (χ0) is 8.65. The molecule has 0 bridgehead atoms. The molecule has 1 nitrogen and oxygen atoms in total. The summed E-state index contributed by atoms with van der Waals surface area (Å²) >= 11 is 0.523. The van der Waals surface area contributed by atoms with E-state index in [4.69, 9.17) is 4.74 Å². The van der Waals surface area contributed by atoms with Gasteiger partial charge in [0.25, 0.3) is 0 Å². The minimum absolute atomic E-state index is 0. The fourth-order valence-electron chi connectivity index (χ4n) is 1.11. The SMILES string of the molecule is C1CCOC1.Cl.Cl.[CH3][V][C]1=CC=CC1. The third kappa shape index (κ3) is 7.96. The number of halogens is 2. The molecule has 1 heterocycles. The minimum atomic E-state index is 0. The van der Waals surface area contributed by atoms with Gasteiger partial charge < -0.3 is 4.74 Å². The summed E-state index contributed by atoms with van der Waals surface area (Å²) in [5.41, 5.74) is 2.29. The van der Waals surface area contributed by atoms with Crippen molar-refractivity contribution in [3.8, 4) is 0 Å². The average Bonchev–Trinajstić information content (AvgIpc) is 2.81. The van der Waals surface area contributed by atoms with Gasteiger partial charge >= 0.3 is 50.9 Å². The second-order valence-electron chi connectivity index (χ2n) is 2.83. The van der Waals surface area contributed by atoms with Crippen LogP contribution in [0.15, 0.2) is 22.5 Å². The maximum absolute atomic E-state index is 4.94. The first kappa shape index (κ1) is 17.0. The summed E-state index contributed by atoms with van der Waals surface area (Å²) in [7, 11) is 0. The summed E-state index contributed by atoms with van der Waals surface area (Å²) in [6.45, 7) is 2.00. The van der Waals surface area contributed by atoms with Crippen LogP contribution in [0, 0.1) is 0 Å². The van der Waals surface area contributed by atoms with Crippen LogP contribution in [-0.2, 0) is 21.0 Å². The predicted octanol–water partition coefficient (Wildman–Crippen LogP) is 3.60. The van der Waals surface area contributed by atoms with Crippen LogP contribution >= 0.6 is 24.8 Å². The molecular weight excluding hydrogens is 258 g/mol. The van der Waals surface area contributed by atoms with E-state index in [0.29, 0.717) is 16.3 Å². The molecule has 14 heavy (non-hydrogen) atoms. The second-order valence-corrected chi connectivity index (χ2v) is 4.43. The van der Waals surface area contributed by atoms with Crippen molar-refractivity contribution >= 4 is 24.8 Å². The van der Waals surface area contributed by atoms with Crippen molar-refractivity contribution in [3.05, 3.63) is 22.5 Å². The summed E-state index contributed by atoms with van der Waals surface area (Å²) in [5, 5.41) is 0. The van der Waals surface area contributed by atoms with Gasteiger partial charge in [-0.1, -0.05) is 0 Å². The molecule has 0 N–H and O–H groups in total. The summed E-state index contributed by atoms with van der Waals surface area (Å²) < 4.78 is 6.59. The van der Waals surface area contributed by atoms with Crippen LogP contribution < -0.4 is 0 Å². The predicted molar refractivity (Wildman–Crippen MR) is 62.3 cm³/mol. The van der Waals surface area contributed by atoms with Crippen molar-refractivity contribution in [2.24, 2.45) is 0 Å². The second kappa shape index (κ2) is 11.7. The van der Waals surface area contributed by atoms with Gasteiger partial charge in [-0.3, -0.25) is 0 Å². The van der Waals surface area contributed by atoms with Gasteiger partial charge in [-0.2, -0.15) is 0 Å². The number of hydrogen-bond donors (Lipinski definition) is 0. The number of ether oxygens (including phenoxy) is 1. The molecule has 1 aliphatic heterocycles. The first-order valence-corrected chi connectivity index (χ1v) is 6.56. The molecule has 0 aromatic carbocycles. The van der Waals surface area contributed by atoms with Crippen LogP contribution in [0.1, 0.15) is 19.3 Å². The van der Waals surface area contributed by atoms with Crippen LogP contribution in [0.4, 0.5) is 0 Å². The summed E-state index contributed by atoms with van der Waals surface area (Å²) in [6, 6.07) is 0. The third-order valence-corrected chi connectivity index (χ3v) is 3.28. The molecule has 0 aromatic heterocycles. The monoisotopic (exact) mass is 275 g/mol. The summed E-state index contributed by atoms with van der Waals surface area (Å²) in [5.74, 6) is 0. The van der Waals surface area contributed by atoms with E-state index in [1.54, 1.807) is 4.28 Å². The van der Waals surface area contributed by atoms with E-state index in [0.717, 1.165) is 13.2 Å². The third-order valence-electron chi connectivity index (χ3n) is 1.87. The van der Waals surface area contributed by atoms with Gasteiger partial charge in [-0.05, 0) is 12.8 Å². The van der Waals surface area contributed by atoms with Crippen molar-refractivity contribution in [1.82, 2.24) is 0 Å². The van der Waals surface area contributed by atoms with E-state index < -0.39 is 0 Å². The Kier molecular flexibility index (Phi) is 14.2. The Balaban J connectivity index is 0. The van der Waals surface area contributed by atoms with Gasteiger partial charge in [0, 0.05) is 13.2 Å². The number of allylic oxidation sites excluding steroid dienone is 4. The Morgan fingerprint density at radius 1 is 1.21 bits per heavy atom. The molecule has 83 valence electrons. The molecule has 1 fully saturated rings. The van der Waals surface area contributed by atoms with Crippen molar-refractivity contribution in [2.45, 2.75) is 24.9 Å². The summed E-state index contributed by atoms with van der Waals surface area (Å²) in [4.78, 5) is 0. The van der Waals surface area contributed by atoms with Crippen LogP contribution in [0.2, 0.25) is 5.64 Å². The van der Waals surface area contributed by atoms with Gasteiger partial charge in [0.15, 0.2) is 0 Å². The Morgan fingerprint density at radius 3 is 2.07 bits per heavy atom. The molecule has 2 rings (SSSR count). The fourth-order valence-corrected chi connectivity index (χ4v) is 1.93. The van der Waals surface area contributed by atoms with Crippen molar-refractivity contribution in [2.75, 3.05) is 13.2 Å². The topological polar surface area (TPSA) is 9.23 Å². The van der Waals surface area contributed by atoms with Gasteiger partial charge in [-0.25, -0.2) is 0 Å². The van der Waals surface area contributed by atoms with E-state index >= 15 is 0 Å². The Morgan fingerprint density at radius 2 is 1.86 bits per heavy atom. The molecule has 0 saturated carbocycles. The normalized spacial score (nSPS) is 17.1. The van der Waals surface area contributed by atoms with E-state index in [1.165, 1.54) is 19.3 Å². The quantitative estimate of drug-likeness (QED) is 0.711. The van der Waals surface area contributed by atoms with Crippen molar-refractivity contribution in [1.29, 1.82) is 0 Å². The van der Waals surface area contributed by atoms with E-state index in [9.17, 15) is 0 Å². The van der Waals surface area contributed by atoms with E-state index in [2.05, 4.69) is 23.9 Å². The number of rotatable bonds is 1. The van der Waals surface area contributed by atoms with Crippen LogP contribution in [0.25, 0.3) is 0 Å². The maximum atomic E-state index is 4.94. The Hall–Kier alpha value is 0.604. The van der Waals surface area contributed by atoms with Crippen LogP contribution in [0.5, 0.6) is 0 Å². The number of hydrogen-bond acceptors (Lipinski definition) is 1. The van der Waals surface area contributed by atoms with Gasteiger partial charge in [0.2, 0.25) is 0 Å². The van der Waals surface area contributed by atoms with Crippen LogP contribution in [0.3, 0.4) is 0 Å². The van der Waals surface area contributed by atoms with E-state index in [1.807, 2.05) is 0 Å². The first-order chi connectivity index (χ1) is 5.93. The molecule has 1 saturated heterocycles. The molecule has 0 radical (unpaired) electrons. The van der Waals surface area contributed by atoms with Gasteiger partial charge in [-0.15, -0.1) is 24.8 Å². The van der Waals surface area contributed by atoms with Crippen molar-refractivity contribution in [3.63, 3.8) is 0 Å². The Labute approximate surface area is 106 Å². The zero-order valence-corrected chi connectivity index (χ0v) is 11.5. The zero-order valence-electron chi connectivity index (χ0n) is 8.44. The molecule has 2 aliphatic rings. The summed E-state index contributed by atoms with van der Waals surface area (Å²) in [6.07, 6.45) is 10.4. The van der Waals surface area contributed by atoms with Crippen LogP contribution in [-0.4, -0.2) is 13.2 Å². The molecule has 0 spiro atoms. The first-order valence-electron chi connectivity index (χ1n) is 4.47. The molecule has 0 amide bonds. The van der Waals surface area contributed by atoms with E-state index in [-0.39, 0.29) is 24.8 Å².